The van der Waals surface area contributed by atoms with Crippen molar-refractivity contribution in [2.24, 2.45) is 11.8 Å². The summed E-state index contributed by atoms with van der Waals surface area (Å²) >= 11 is 0. The van der Waals surface area contributed by atoms with Crippen molar-refractivity contribution in [1.82, 2.24) is 9.97 Å². The van der Waals surface area contributed by atoms with Crippen LogP contribution in [0.1, 0.15) is 87.3 Å². The summed E-state index contributed by atoms with van der Waals surface area (Å²) < 4.78 is 60.9. The number of anilines is 1. The van der Waals surface area contributed by atoms with Gasteiger partial charge in [-0.05, 0) is 76.1 Å². The second kappa shape index (κ2) is 13.9. The molecule has 0 radical (unpaired) electrons. The summed E-state index contributed by atoms with van der Waals surface area (Å²) in [6.07, 6.45) is 2.96. The number of pyridine rings is 2. The molecule has 2 aliphatic rings. The van der Waals surface area contributed by atoms with Gasteiger partial charge in [-0.2, -0.15) is 0 Å². The van der Waals surface area contributed by atoms with Crippen molar-refractivity contribution in [3.63, 3.8) is 0 Å². The lowest BCUT2D eigenvalue weighted by Crippen LogP contribution is -2.42. The van der Waals surface area contributed by atoms with E-state index in [2.05, 4.69) is 21.8 Å². The van der Waals surface area contributed by atoms with E-state index in [0.717, 1.165) is 35.9 Å². The van der Waals surface area contributed by atoms with E-state index >= 15 is 4.39 Å². The van der Waals surface area contributed by atoms with E-state index in [0.29, 0.717) is 37.2 Å². The molecule has 1 unspecified atom stereocenters. The van der Waals surface area contributed by atoms with Gasteiger partial charge >= 0.3 is 11.9 Å². The largest absolute Gasteiger partial charge is 0.494 e. The minimum absolute atomic E-state index is 0.0179. The van der Waals surface area contributed by atoms with Crippen molar-refractivity contribution in [3.8, 4) is 17.0 Å². The zero-order chi connectivity index (χ0) is 34.9. The molecule has 1 aromatic carbocycles. The normalized spacial score (nSPS) is 19.1. The molecule has 3 heterocycles. The quantitative estimate of drug-likeness (QED) is 0.181. The van der Waals surface area contributed by atoms with E-state index in [-0.39, 0.29) is 42.1 Å². The van der Waals surface area contributed by atoms with Gasteiger partial charge in [0.2, 0.25) is 0 Å². The molecule has 0 amide bonds. The fraction of sp³-hybridized carbons (Fsp3) is 0.472. The Morgan fingerprint density at radius 1 is 1.04 bits per heavy atom. The number of piperidine rings is 1. The summed E-state index contributed by atoms with van der Waals surface area (Å²) in [6, 6.07) is 4.14. The molecular weight excluding hydrogens is 627 g/mol. The van der Waals surface area contributed by atoms with Crippen LogP contribution in [-0.2, 0) is 31.9 Å². The fourth-order valence-corrected chi connectivity index (χ4v) is 6.75. The predicted molar refractivity (Wildman–Crippen MR) is 171 cm³/mol. The van der Waals surface area contributed by atoms with Crippen molar-refractivity contribution in [2.45, 2.75) is 78.4 Å². The molecule has 0 saturated carbocycles. The summed E-state index contributed by atoms with van der Waals surface area (Å²) in [7, 11) is 1.20. The van der Waals surface area contributed by atoms with Crippen LogP contribution in [0.15, 0.2) is 30.5 Å². The molecule has 3 aromatic rings. The molecule has 0 N–H and O–H groups in total. The Labute approximate surface area is 277 Å². The van der Waals surface area contributed by atoms with Gasteiger partial charge in [0.25, 0.3) is 0 Å². The molecule has 1 saturated heterocycles. The number of ketones is 1. The van der Waals surface area contributed by atoms with Crippen LogP contribution in [0.5, 0.6) is 5.75 Å². The smallest absolute Gasteiger partial charge is 0.306 e. The van der Waals surface area contributed by atoms with Crippen LogP contribution in [-0.4, -0.2) is 53.5 Å². The van der Waals surface area contributed by atoms with Gasteiger partial charge in [0, 0.05) is 49.4 Å². The molecule has 0 spiro atoms. The van der Waals surface area contributed by atoms with Crippen molar-refractivity contribution >= 4 is 23.4 Å². The minimum atomic E-state index is -1.14. The summed E-state index contributed by atoms with van der Waals surface area (Å²) in [4.78, 5) is 49.3. The molecule has 1 fully saturated rings. The van der Waals surface area contributed by atoms with Crippen molar-refractivity contribution in [3.05, 3.63) is 70.4 Å². The highest BCUT2D eigenvalue weighted by molar-refractivity contribution is 5.97. The number of esters is 2. The van der Waals surface area contributed by atoms with Crippen molar-refractivity contribution < 1.29 is 41.8 Å². The number of fused-ring (bicyclic) bond motifs is 1. The molecule has 1 aliphatic carbocycles. The first kappa shape index (κ1) is 34.8. The zero-order valence-electron chi connectivity index (χ0n) is 28.0. The number of Topliss-reactive ketones (excluding diaryl/α,β-unsaturated/α-hetero) is 1. The van der Waals surface area contributed by atoms with Crippen LogP contribution in [0.4, 0.5) is 18.9 Å². The number of rotatable bonds is 9. The van der Waals surface area contributed by atoms with Crippen LogP contribution in [0, 0.1) is 29.3 Å². The van der Waals surface area contributed by atoms with Crippen LogP contribution in [0.2, 0.25) is 0 Å². The third-order valence-corrected chi connectivity index (χ3v) is 8.46. The molecular formula is C36H40F3N3O6. The third kappa shape index (κ3) is 7.63. The maximum Gasteiger partial charge on any atom is 0.306 e. The summed E-state index contributed by atoms with van der Waals surface area (Å²) in [5.41, 5.74) is 0.620. The fourth-order valence-electron chi connectivity index (χ4n) is 6.75. The molecule has 256 valence electrons. The van der Waals surface area contributed by atoms with E-state index in [1.165, 1.54) is 20.1 Å². The highest BCUT2D eigenvalue weighted by Gasteiger charge is 2.36. The average molecular weight is 668 g/mol. The first-order valence-electron chi connectivity index (χ1n) is 16.0. The van der Waals surface area contributed by atoms with Gasteiger partial charge < -0.3 is 19.1 Å². The summed E-state index contributed by atoms with van der Waals surface area (Å²) in [5.74, 6) is -4.55. The Balaban J connectivity index is 1.51. The number of methoxy groups -OCH3 is 1. The van der Waals surface area contributed by atoms with Gasteiger partial charge in [0.1, 0.15) is 34.7 Å². The first-order valence-corrected chi connectivity index (χ1v) is 16.0. The monoisotopic (exact) mass is 667 g/mol. The van der Waals surface area contributed by atoms with Gasteiger partial charge in [-0.3, -0.25) is 19.4 Å². The maximum absolute atomic E-state index is 15.1. The molecule has 48 heavy (non-hydrogen) atoms. The summed E-state index contributed by atoms with van der Waals surface area (Å²) in [6.45, 7) is 10.1. The van der Waals surface area contributed by atoms with Gasteiger partial charge in [0.15, 0.2) is 17.3 Å². The Morgan fingerprint density at radius 2 is 1.77 bits per heavy atom. The number of carbonyl (C=O) groups is 3. The second-order valence-corrected chi connectivity index (χ2v) is 13.6. The van der Waals surface area contributed by atoms with Crippen LogP contribution >= 0.6 is 0 Å². The number of benzene rings is 1. The van der Waals surface area contributed by atoms with Crippen molar-refractivity contribution in [2.75, 3.05) is 25.1 Å². The number of aromatic nitrogens is 2. The lowest BCUT2D eigenvalue weighted by atomic mass is 9.87. The van der Waals surface area contributed by atoms with Gasteiger partial charge in [0.05, 0.1) is 24.8 Å². The van der Waals surface area contributed by atoms with E-state index in [9.17, 15) is 23.2 Å². The van der Waals surface area contributed by atoms with Gasteiger partial charge in [-0.25, -0.2) is 18.2 Å². The van der Waals surface area contributed by atoms with E-state index < -0.39 is 52.2 Å². The number of ether oxygens (including phenoxy) is 3. The van der Waals surface area contributed by atoms with E-state index in [4.69, 9.17) is 14.2 Å². The maximum atomic E-state index is 15.1. The van der Waals surface area contributed by atoms with E-state index in [1.807, 2.05) is 20.8 Å². The SMILES string of the molecule is COc1ccc(F)c(-c2nc(C(=O)Cc3cnc4c(c3N3C[C@H](C)C[C@H](CC(=O)OC(C)(C)C)C3)CCC4OC(C)=O)ccc2F)c1F. The molecule has 9 nitrogen and oxygen atoms in total. The average Bonchev–Trinajstić information content (AvgIpc) is 3.38. The topological polar surface area (TPSA) is 108 Å². The molecule has 2 aromatic heterocycles. The number of carbonyl (C=O) groups excluding carboxylic acids is 3. The highest BCUT2D eigenvalue weighted by atomic mass is 19.1. The van der Waals surface area contributed by atoms with E-state index in [1.54, 1.807) is 6.20 Å². The highest BCUT2D eigenvalue weighted by Crippen LogP contribution is 2.42. The Hall–Kier alpha value is -4.48. The summed E-state index contributed by atoms with van der Waals surface area (Å²) in [5, 5.41) is 0. The second-order valence-electron chi connectivity index (χ2n) is 13.6. The van der Waals surface area contributed by atoms with Crippen molar-refractivity contribution in [1.29, 1.82) is 0 Å². The van der Waals surface area contributed by atoms with Crippen LogP contribution in [0.3, 0.4) is 0 Å². The van der Waals surface area contributed by atoms with Crippen LogP contribution in [0.25, 0.3) is 11.3 Å². The number of halogens is 3. The van der Waals surface area contributed by atoms with Gasteiger partial charge in [-0.15, -0.1) is 0 Å². The van der Waals surface area contributed by atoms with Crippen LogP contribution < -0.4 is 9.64 Å². The zero-order valence-corrected chi connectivity index (χ0v) is 28.0. The molecule has 12 heteroatoms. The minimum Gasteiger partial charge on any atom is -0.494 e. The lowest BCUT2D eigenvalue weighted by Gasteiger charge is -2.39. The third-order valence-electron chi connectivity index (χ3n) is 8.46. The number of hydrogen-bond donors (Lipinski definition) is 0. The lowest BCUT2D eigenvalue weighted by molar-refractivity contribution is -0.156. The molecule has 3 atom stereocenters. The molecule has 0 bridgehead atoms. The molecule has 5 rings (SSSR count). The van der Waals surface area contributed by atoms with Gasteiger partial charge in [-0.1, -0.05) is 6.92 Å². The Bertz CT molecular complexity index is 1740. The number of nitrogens with zero attached hydrogens (tertiary/aromatic N) is 3. The standard InChI is InChI=1S/C36H40F3N3O6/c1-19-13-21(14-30(45)48-36(3,4)5)18-42(17-19)35-22(16-40-33-23(35)7-11-29(33)47-20(2)43)15-27(44)26-10-8-25(38)34(41-26)31-24(37)9-12-28(46-6)32(31)39/h8-10,12,16,19,21,29H,7,11,13-15,17-18H2,1-6H3/t19-,21-,29?/m1/s1. The first-order chi connectivity index (χ1) is 22.6. The Morgan fingerprint density at radius 3 is 2.46 bits per heavy atom. The number of hydrogen-bond acceptors (Lipinski definition) is 9. The predicted octanol–water partition coefficient (Wildman–Crippen LogP) is 6.74. The Kier molecular flexibility index (Phi) is 10.1. The molecule has 1 aliphatic heterocycles.